The molecule has 0 unspecified atom stereocenters. The van der Waals surface area contributed by atoms with Gasteiger partial charge < -0.3 is 9.88 Å². The first-order chi connectivity index (χ1) is 7.58. The second kappa shape index (κ2) is 6.74. The van der Waals surface area contributed by atoms with Crippen molar-refractivity contribution in [3.63, 3.8) is 0 Å². The number of nitrogens with zero attached hydrogens (tertiary/aromatic N) is 1. The van der Waals surface area contributed by atoms with E-state index in [9.17, 15) is 0 Å². The van der Waals surface area contributed by atoms with E-state index < -0.39 is 0 Å². The summed E-state index contributed by atoms with van der Waals surface area (Å²) >= 11 is 0. The molecular formula is C14H26N2. The van der Waals surface area contributed by atoms with Crippen molar-refractivity contribution in [1.82, 2.24) is 9.88 Å². The Morgan fingerprint density at radius 2 is 2.00 bits per heavy atom. The molecule has 1 rings (SSSR count). The molecule has 0 spiro atoms. The number of hydrogen-bond acceptors (Lipinski definition) is 1. The number of aryl methyl sites for hydroxylation is 1. The maximum Gasteiger partial charge on any atom is 0.0222 e. The van der Waals surface area contributed by atoms with Crippen LogP contribution in [0.4, 0.5) is 0 Å². The van der Waals surface area contributed by atoms with Crippen molar-refractivity contribution in [3.8, 4) is 0 Å². The Labute approximate surface area is 100 Å². The minimum atomic E-state index is 0.560. The maximum absolute atomic E-state index is 3.44. The summed E-state index contributed by atoms with van der Waals surface area (Å²) in [6, 6.07) is 2.77. The molecule has 1 heterocycles. The quantitative estimate of drug-likeness (QED) is 0.748. The summed E-state index contributed by atoms with van der Waals surface area (Å²) in [7, 11) is 0. The predicted molar refractivity (Wildman–Crippen MR) is 70.5 cm³/mol. The first kappa shape index (κ1) is 13.3. The van der Waals surface area contributed by atoms with Crippen molar-refractivity contribution in [1.29, 1.82) is 0 Å². The Kier molecular flexibility index (Phi) is 5.61. The van der Waals surface area contributed by atoms with Crippen molar-refractivity contribution in [2.45, 2.75) is 59.7 Å². The van der Waals surface area contributed by atoms with Crippen LogP contribution < -0.4 is 5.32 Å². The second-order valence-electron chi connectivity index (χ2n) is 5.33. The number of hydrogen-bond donors (Lipinski definition) is 1. The van der Waals surface area contributed by atoms with Gasteiger partial charge in [-0.3, -0.25) is 0 Å². The highest BCUT2D eigenvalue weighted by Crippen LogP contribution is 2.07. The average Bonchev–Trinajstić information content (AvgIpc) is 2.62. The third-order valence-electron chi connectivity index (χ3n) is 2.72. The van der Waals surface area contributed by atoms with E-state index in [4.69, 9.17) is 0 Å². The van der Waals surface area contributed by atoms with E-state index >= 15 is 0 Å². The Morgan fingerprint density at radius 3 is 2.62 bits per heavy atom. The molecule has 1 aromatic heterocycles. The summed E-state index contributed by atoms with van der Waals surface area (Å²) in [5, 5.41) is 3.44. The van der Waals surface area contributed by atoms with Gasteiger partial charge in [-0.15, -0.1) is 0 Å². The van der Waals surface area contributed by atoms with E-state index in [0.717, 1.165) is 19.0 Å². The van der Waals surface area contributed by atoms with Gasteiger partial charge in [0, 0.05) is 31.5 Å². The van der Waals surface area contributed by atoms with Crippen LogP contribution in [-0.4, -0.2) is 10.6 Å². The largest absolute Gasteiger partial charge is 0.354 e. The molecule has 2 nitrogen and oxygen atoms in total. The zero-order valence-electron chi connectivity index (χ0n) is 11.2. The van der Waals surface area contributed by atoms with Crippen LogP contribution in [0.25, 0.3) is 0 Å². The Balaban J connectivity index is 2.28. The van der Waals surface area contributed by atoms with Gasteiger partial charge in [0.2, 0.25) is 0 Å². The minimum absolute atomic E-state index is 0.560. The fraction of sp³-hybridized carbons (Fsp3) is 0.714. The van der Waals surface area contributed by atoms with Crippen LogP contribution in [0.3, 0.4) is 0 Å². The number of aromatic nitrogens is 1. The van der Waals surface area contributed by atoms with Gasteiger partial charge in [-0.25, -0.2) is 0 Å². The molecule has 0 aliphatic heterocycles. The smallest absolute Gasteiger partial charge is 0.0222 e. The number of nitrogens with one attached hydrogen (secondary N) is 1. The van der Waals surface area contributed by atoms with Crippen LogP contribution in [0.15, 0.2) is 18.5 Å². The molecule has 0 radical (unpaired) electrons. The summed E-state index contributed by atoms with van der Waals surface area (Å²) in [5.74, 6) is 0.817. The lowest BCUT2D eigenvalue weighted by Gasteiger charge is -2.07. The van der Waals surface area contributed by atoms with Gasteiger partial charge in [-0.1, -0.05) is 27.7 Å². The molecule has 2 heteroatoms. The lowest BCUT2D eigenvalue weighted by Crippen LogP contribution is -2.21. The van der Waals surface area contributed by atoms with Crippen LogP contribution in [0, 0.1) is 5.92 Å². The molecule has 0 amide bonds. The molecule has 92 valence electrons. The molecular weight excluding hydrogens is 196 g/mol. The summed E-state index contributed by atoms with van der Waals surface area (Å²) in [5.41, 5.74) is 1.39. The highest BCUT2D eigenvalue weighted by molar-refractivity contribution is 5.09. The molecule has 16 heavy (non-hydrogen) atoms. The molecule has 0 saturated heterocycles. The van der Waals surface area contributed by atoms with Crippen LogP contribution >= 0.6 is 0 Å². The lowest BCUT2D eigenvalue weighted by atomic mass is 10.1. The summed E-state index contributed by atoms with van der Waals surface area (Å²) in [6.07, 6.45) is 7.05. The summed E-state index contributed by atoms with van der Waals surface area (Å²) < 4.78 is 2.31. The van der Waals surface area contributed by atoms with E-state index in [1.807, 2.05) is 0 Å². The monoisotopic (exact) mass is 222 g/mol. The fourth-order valence-corrected chi connectivity index (χ4v) is 1.74. The first-order valence-corrected chi connectivity index (χ1v) is 6.46. The van der Waals surface area contributed by atoms with Gasteiger partial charge in [0.05, 0.1) is 0 Å². The Morgan fingerprint density at radius 1 is 1.25 bits per heavy atom. The minimum Gasteiger partial charge on any atom is -0.354 e. The van der Waals surface area contributed by atoms with Crippen molar-refractivity contribution < 1.29 is 0 Å². The fourth-order valence-electron chi connectivity index (χ4n) is 1.74. The molecule has 0 aliphatic carbocycles. The predicted octanol–water partition coefficient (Wildman–Crippen LogP) is 3.42. The molecule has 0 saturated carbocycles. The van der Waals surface area contributed by atoms with Crippen molar-refractivity contribution in [2.24, 2.45) is 5.92 Å². The van der Waals surface area contributed by atoms with Crippen molar-refractivity contribution in [2.75, 3.05) is 0 Å². The van der Waals surface area contributed by atoms with E-state index in [1.165, 1.54) is 18.4 Å². The average molecular weight is 222 g/mol. The Bertz CT molecular complexity index is 287. The highest BCUT2D eigenvalue weighted by atomic mass is 14.9. The molecule has 1 N–H and O–H groups in total. The van der Waals surface area contributed by atoms with E-state index in [1.54, 1.807) is 0 Å². The van der Waals surface area contributed by atoms with Crippen LogP contribution in [0.1, 0.15) is 46.1 Å². The van der Waals surface area contributed by atoms with Gasteiger partial charge >= 0.3 is 0 Å². The molecule has 0 aromatic carbocycles. The van der Waals surface area contributed by atoms with Crippen LogP contribution in [0.5, 0.6) is 0 Å². The standard InChI is InChI=1S/C14H26N2/c1-12(2)6-5-8-16-9-7-14(11-16)10-15-13(3)4/h7,9,11-13,15H,5-6,8,10H2,1-4H3. The zero-order valence-corrected chi connectivity index (χ0v) is 11.2. The topological polar surface area (TPSA) is 17.0 Å². The van der Waals surface area contributed by atoms with Crippen molar-refractivity contribution >= 4 is 0 Å². The normalized spacial score (nSPS) is 11.6. The van der Waals surface area contributed by atoms with Gasteiger partial charge in [0.1, 0.15) is 0 Å². The number of rotatable bonds is 7. The van der Waals surface area contributed by atoms with Crippen LogP contribution in [0.2, 0.25) is 0 Å². The first-order valence-electron chi connectivity index (χ1n) is 6.46. The van der Waals surface area contributed by atoms with Gasteiger partial charge in [-0.2, -0.15) is 0 Å². The third kappa shape index (κ3) is 5.36. The summed E-state index contributed by atoms with van der Waals surface area (Å²) in [6.45, 7) is 11.1. The third-order valence-corrected chi connectivity index (χ3v) is 2.72. The molecule has 0 aliphatic rings. The molecule has 0 fully saturated rings. The van der Waals surface area contributed by atoms with Crippen molar-refractivity contribution in [3.05, 3.63) is 24.0 Å². The lowest BCUT2D eigenvalue weighted by molar-refractivity contribution is 0.512. The van der Waals surface area contributed by atoms with E-state index in [2.05, 4.69) is 56.0 Å². The molecule has 0 bridgehead atoms. The summed E-state index contributed by atoms with van der Waals surface area (Å²) in [4.78, 5) is 0. The SMILES string of the molecule is CC(C)CCCn1ccc(CNC(C)C)c1. The van der Waals surface area contributed by atoms with E-state index in [-0.39, 0.29) is 0 Å². The van der Waals surface area contributed by atoms with Gasteiger partial charge in [-0.05, 0) is 30.4 Å². The van der Waals surface area contributed by atoms with Crippen LogP contribution in [-0.2, 0) is 13.1 Å². The Hall–Kier alpha value is -0.760. The second-order valence-corrected chi connectivity index (χ2v) is 5.33. The maximum atomic E-state index is 3.44. The van der Waals surface area contributed by atoms with Gasteiger partial charge in [0.15, 0.2) is 0 Å². The highest BCUT2D eigenvalue weighted by Gasteiger charge is 1.99. The molecule has 1 aromatic rings. The molecule has 0 atom stereocenters. The van der Waals surface area contributed by atoms with Gasteiger partial charge in [0.25, 0.3) is 0 Å². The zero-order chi connectivity index (χ0) is 12.0. The van der Waals surface area contributed by atoms with E-state index in [0.29, 0.717) is 6.04 Å².